The van der Waals surface area contributed by atoms with Crippen molar-refractivity contribution < 1.29 is 19.0 Å². The van der Waals surface area contributed by atoms with Gasteiger partial charge < -0.3 is 9.84 Å². The molecule has 1 atom stereocenters. The van der Waals surface area contributed by atoms with Gasteiger partial charge in [-0.1, -0.05) is 6.92 Å². The van der Waals surface area contributed by atoms with E-state index in [1.807, 2.05) is 0 Å². The number of ether oxygens (including phenoxy) is 1. The van der Waals surface area contributed by atoms with E-state index in [9.17, 15) is 9.18 Å². The second-order valence-electron chi connectivity index (χ2n) is 5.04. The third kappa shape index (κ3) is 3.32. The number of aromatic carboxylic acids is 1. The molecule has 0 aromatic heterocycles. The Bertz CT molecular complexity index is 453. The molecule has 1 aromatic carbocycles. The molecular weight excluding hydrogens is 247 g/mol. The predicted octanol–water partition coefficient (Wildman–Crippen LogP) is 3.44. The average Bonchev–Trinajstić information content (AvgIpc) is 2.40. The lowest BCUT2D eigenvalue weighted by atomic mass is 9.79. The number of benzene rings is 1. The first kappa shape index (κ1) is 14.0. The van der Waals surface area contributed by atoms with Gasteiger partial charge in [0, 0.05) is 13.2 Å². The van der Waals surface area contributed by atoms with Crippen molar-refractivity contribution in [2.45, 2.75) is 32.1 Å². The van der Waals surface area contributed by atoms with Gasteiger partial charge in [-0.25, -0.2) is 9.18 Å². The second-order valence-corrected chi connectivity index (χ2v) is 5.04. The van der Waals surface area contributed by atoms with E-state index in [1.165, 1.54) is 6.07 Å². The molecule has 0 radical (unpaired) electrons. The first-order valence-electron chi connectivity index (χ1n) is 6.73. The Morgan fingerprint density at radius 1 is 1.42 bits per heavy atom. The van der Waals surface area contributed by atoms with Crippen LogP contribution in [0, 0.1) is 11.7 Å². The highest BCUT2D eigenvalue weighted by atomic mass is 19.1. The summed E-state index contributed by atoms with van der Waals surface area (Å²) >= 11 is 0. The number of hydrogen-bond donors (Lipinski definition) is 1. The van der Waals surface area contributed by atoms with Crippen LogP contribution < -0.4 is 0 Å². The fourth-order valence-corrected chi connectivity index (χ4v) is 2.91. The zero-order valence-corrected chi connectivity index (χ0v) is 11.1. The van der Waals surface area contributed by atoms with Crippen LogP contribution in [0.15, 0.2) is 18.2 Å². The molecule has 0 saturated carbocycles. The summed E-state index contributed by atoms with van der Waals surface area (Å²) in [6.45, 7) is 3.54. The molecule has 0 aliphatic carbocycles. The number of halogens is 1. The van der Waals surface area contributed by atoms with Gasteiger partial charge >= 0.3 is 5.97 Å². The molecular formula is C15H19FO3. The maximum absolute atomic E-state index is 13.6. The van der Waals surface area contributed by atoms with E-state index in [1.54, 1.807) is 6.07 Å². The molecule has 19 heavy (non-hydrogen) atoms. The molecule has 4 heteroatoms. The largest absolute Gasteiger partial charge is 0.478 e. The van der Waals surface area contributed by atoms with E-state index in [4.69, 9.17) is 9.84 Å². The van der Waals surface area contributed by atoms with Crippen molar-refractivity contribution in [3.63, 3.8) is 0 Å². The molecule has 3 nitrogen and oxygen atoms in total. The van der Waals surface area contributed by atoms with Gasteiger partial charge in [0.05, 0.1) is 5.56 Å². The highest BCUT2D eigenvalue weighted by molar-refractivity contribution is 5.87. The summed E-state index contributed by atoms with van der Waals surface area (Å²) in [4.78, 5) is 11.0. The zero-order valence-electron chi connectivity index (χ0n) is 11.1. The number of carbonyl (C=O) groups is 1. The van der Waals surface area contributed by atoms with Crippen LogP contribution >= 0.6 is 0 Å². The highest BCUT2D eigenvalue weighted by Gasteiger charge is 2.25. The van der Waals surface area contributed by atoms with Crippen molar-refractivity contribution in [2.75, 3.05) is 13.2 Å². The zero-order chi connectivity index (χ0) is 13.8. The van der Waals surface area contributed by atoms with Crippen molar-refractivity contribution in [3.8, 4) is 0 Å². The first-order valence-corrected chi connectivity index (χ1v) is 6.73. The normalized spacial score (nSPS) is 18.2. The Morgan fingerprint density at radius 3 is 2.68 bits per heavy atom. The quantitative estimate of drug-likeness (QED) is 0.908. The van der Waals surface area contributed by atoms with E-state index in [-0.39, 0.29) is 11.5 Å². The third-order valence-corrected chi connectivity index (χ3v) is 3.87. The number of rotatable bonds is 4. The summed E-state index contributed by atoms with van der Waals surface area (Å²) in [5, 5.41) is 9.01. The Balaban J connectivity index is 2.28. The number of carboxylic acids is 1. The van der Waals surface area contributed by atoms with E-state index in [0.29, 0.717) is 5.92 Å². The van der Waals surface area contributed by atoms with Crippen molar-refractivity contribution >= 4 is 5.97 Å². The van der Waals surface area contributed by atoms with Gasteiger partial charge in [-0.15, -0.1) is 0 Å². The minimum Gasteiger partial charge on any atom is -0.478 e. The summed E-state index contributed by atoms with van der Waals surface area (Å²) in [5.74, 6) is -0.900. The lowest BCUT2D eigenvalue weighted by Crippen LogP contribution is -2.22. The second kappa shape index (κ2) is 6.15. The van der Waals surface area contributed by atoms with Crippen LogP contribution in [0.3, 0.4) is 0 Å². The Kier molecular flexibility index (Phi) is 4.53. The van der Waals surface area contributed by atoms with Crippen LogP contribution in [-0.2, 0) is 4.74 Å². The number of carboxylic acid groups (broad SMARTS) is 1. The Morgan fingerprint density at radius 2 is 2.11 bits per heavy atom. The summed E-state index contributed by atoms with van der Waals surface area (Å²) in [6, 6.07) is 4.15. The molecule has 1 heterocycles. The minimum absolute atomic E-state index is 0.0282. The summed E-state index contributed by atoms with van der Waals surface area (Å²) < 4.78 is 18.9. The minimum atomic E-state index is -1.08. The van der Waals surface area contributed by atoms with E-state index >= 15 is 0 Å². The summed E-state index contributed by atoms with van der Waals surface area (Å²) in [7, 11) is 0. The lowest BCUT2D eigenvalue weighted by Gasteiger charge is -2.30. The molecule has 0 bridgehead atoms. The maximum Gasteiger partial charge on any atom is 0.335 e. The molecule has 0 spiro atoms. The van der Waals surface area contributed by atoms with Crippen LogP contribution in [0.25, 0.3) is 0 Å². The van der Waals surface area contributed by atoms with Gasteiger partial charge in [0.1, 0.15) is 5.82 Å². The lowest BCUT2D eigenvalue weighted by molar-refractivity contribution is 0.0571. The topological polar surface area (TPSA) is 46.5 Å². The van der Waals surface area contributed by atoms with Crippen molar-refractivity contribution in [3.05, 3.63) is 35.1 Å². The molecule has 1 unspecified atom stereocenters. The Hall–Kier alpha value is -1.42. The van der Waals surface area contributed by atoms with Crippen molar-refractivity contribution in [1.82, 2.24) is 0 Å². The molecule has 2 rings (SSSR count). The fourth-order valence-electron chi connectivity index (χ4n) is 2.91. The molecule has 104 valence electrons. The van der Waals surface area contributed by atoms with Crippen LogP contribution in [0.4, 0.5) is 4.39 Å². The van der Waals surface area contributed by atoms with E-state index in [0.717, 1.165) is 44.1 Å². The van der Waals surface area contributed by atoms with E-state index in [2.05, 4.69) is 6.92 Å². The monoisotopic (exact) mass is 266 g/mol. The van der Waals surface area contributed by atoms with Gasteiger partial charge in [-0.3, -0.25) is 0 Å². The first-order chi connectivity index (χ1) is 9.11. The van der Waals surface area contributed by atoms with Gasteiger partial charge in [0.25, 0.3) is 0 Å². The van der Waals surface area contributed by atoms with Gasteiger partial charge in [0.15, 0.2) is 0 Å². The standard InChI is InChI=1S/C15H19FO3/c1-2-14(10-3-5-19-6-4-10)11-7-12(15(17)18)9-13(16)8-11/h7-10,14H,2-6H2,1H3,(H,17,18). The van der Waals surface area contributed by atoms with Crippen LogP contribution in [0.1, 0.15) is 48.0 Å². The SMILES string of the molecule is CCC(c1cc(F)cc(C(=O)O)c1)C1CCOCC1. The van der Waals surface area contributed by atoms with Gasteiger partial charge in [0.2, 0.25) is 0 Å². The van der Waals surface area contributed by atoms with E-state index < -0.39 is 11.8 Å². The smallest absolute Gasteiger partial charge is 0.335 e. The number of hydrogen-bond acceptors (Lipinski definition) is 2. The molecule has 1 N–H and O–H groups in total. The van der Waals surface area contributed by atoms with Gasteiger partial charge in [-0.2, -0.15) is 0 Å². The molecule has 1 fully saturated rings. The third-order valence-electron chi connectivity index (χ3n) is 3.87. The van der Waals surface area contributed by atoms with Crippen molar-refractivity contribution in [2.24, 2.45) is 5.92 Å². The molecule has 1 aromatic rings. The Labute approximate surface area is 112 Å². The summed E-state index contributed by atoms with van der Waals surface area (Å²) in [6.07, 6.45) is 2.79. The predicted molar refractivity (Wildman–Crippen MR) is 69.9 cm³/mol. The molecule has 1 aliphatic rings. The summed E-state index contributed by atoms with van der Waals surface area (Å²) in [5.41, 5.74) is 0.826. The molecule has 0 amide bonds. The molecule has 1 aliphatic heterocycles. The average molecular weight is 266 g/mol. The highest BCUT2D eigenvalue weighted by Crippen LogP contribution is 2.35. The van der Waals surface area contributed by atoms with Gasteiger partial charge in [-0.05, 0) is 54.9 Å². The fraction of sp³-hybridized carbons (Fsp3) is 0.533. The maximum atomic E-state index is 13.6. The molecule has 1 saturated heterocycles. The van der Waals surface area contributed by atoms with Crippen molar-refractivity contribution in [1.29, 1.82) is 0 Å². The van der Waals surface area contributed by atoms with Crippen LogP contribution in [0.2, 0.25) is 0 Å². The van der Waals surface area contributed by atoms with Crippen LogP contribution in [-0.4, -0.2) is 24.3 Å². The van der Waals surface area contributed by atoms with Crippen LogP contribution in [0.5, 0.6) is 0 Å².